The first-order valence-electron chi connectivity index (χ1n) is 9.45. The lowest BCUT2D eigenvalue weighted by atomic mass is 9.95. The molecule has 2 heterocycles. The number of aromatic amines is 1. The third kappa shape index (κ3) is 4.03. The molecule has 4 rings (SSSR count). The number of H-pyrrole nitrogens is 1. The Hall–Kier alpha value is -2.28. The fraction of sp³-hybridized carbons (Fsp3) is 0.450. The maximum Gasteiger partial charge on any atom is 0.277 e. The van der Waals surface area contributed by atoms with E-state index in [-0.39, 0.29) is 5.91 Å². The van der Waals surface area contributed by atoms with Crippen molar-refractivity contribution in [2.75, 3.05) is 5.75 Å². The van der Waals surface area contributed by atoms with Gasteiger partial charge in [0.15, 0.2) is 0 Å². The van der Waals surface area contributed by atoms with Gasteiger partial charge < -0.3 is 14.7 Å². The monoisotopic (exact) mass is 384 g/mol. The van der Waals surface area contributed by atoms with E-state index in [1.54, 1.807) is 0 Å². The third-order valence-electron chi connectivity index (χ3n) is 5.26. The van der Waals surface area contributed by atoms with Crippen LogP contribution in [0.2, 0.25) is 0 Å². The van der Waals surface area contributed by atoms with Crippen molar-refractivity contribution in [2.24, 2.45) is 0 Å². The van der Waals surface area contributed by atoms with Crippen LogP contribution in [0.4, 0.5) is 0 Å². The first kappa shape index (κ1) is 18.1. The molecule has 3 aromatic rings. The van der Waals surface area contributed by atoms with Crippen molar-refractivity contribution in [2.45, 2.75) is 57.2 Å². The zero-order valence-electron chi connectivity index (χ0n) is 15.7. The minimum Gasteiger partial charge on any atom is -0.411 e. The van der Waals surface area contributed by atoms with Gasteiger partial charge in [0.1, 0.15) is 0 Å². The summed E-state index contributed by atoms with van der Waals surface area (Å²) in [7, 11) is 0. The van der Waals surface area contributed by atoms with Crippen molar-refractivity contribution in [1.29, 1.82) is 0 Å². The van der Waals surface area contributed by atoms with E-state index in [0.29, 0.717) is 22.9 Å². The number of aromatic nitrogens is 3. The summed E-state index contributed by atoms with van der Waals surface area (Å²) in [6.45, 7) is 4.16. The highest BCUT2D eigenvalue weighted by Gasteiger charge is 2.17. The Kier molecular flexibility index (Phi) is 5.20. The molecule has 1 aliphatic rings. The summed E-state index contributed by atoms with van der Waals surface area (Å²) in [4.78, 5) is 15.5. The average molecular weight is 385 g/mol. The SMILES string of the molecule is Cc1[nH]c2ccc(-c3nnc(SCC(=O)NC4CCCCC4)o3)cc2c1C. The molecule has 27 heavy (non-hydrogen) atoms. The van der Waals surface area contributed by atoms with Gasteiger partial charge in [0.2, 0.25) is 11.8 Å². The smallest absolute Gasteiger partial charge is 0.277 e. The van der Waals surface area contributed by atoms with Crippen molar-refractivity contribution >= 4 is 28.6 Å². The Morgan fingerprint density at radius 1 is 1.26 bits per heavy atom. The Morgan fingerprint density at radius 3 is 2.89 bits per heavy atom. The largest absolute Gasteiger partial charge is 0.411 e. The molecule has 142 valence electrons. The van der Waals surface area contributed by atoms with Crippen molar-refractivity contribution in [3.63, 3.8) is 0 Å². The van der Waals surface area contributed by atoms with E-state index in [2.05, 4.69) is 40.4 Å². The highest BCUT2D eigenvalue weighted by molar-refractivity contribution is 7.99. The minimum atomic E-state index is 0.0338. The van der Waals surface area contributed by atoms with Gasteiger partial charge in [-0.3, -0.25) is 4.79 Å². The van der Waals surface area contributed by atoms with Gasteiger partial charge >= 0.3 is 0 Å². The van der Waals surface area contributed by atoms with Gasteiger partial charge in [-0.05, 0) is 50.5 Å². The molecule has 0 spiro atoms. The average Bonchev–Trinajstić information content (AvgIpc) is 3.26. The molecule has 2 aromatic heterocycles. The third-order valence-corrected chi connectivity index (χ3v) is 6.08. The maximum atomic E-state index is 12.1. The second-order valence-corrected chi connectivity index (χ2v) is 8.13. The lowest BCUT2D eigenvalue weighted by Gasteiger charge is -2.22. The van der Waals surface area contributed by atoms with Crippen LogP contribution < -0.4 is 5.32 Å². The molecular weight excluding hydrogens is 360 g/mol. The molecule has 1 amide bonds. The number of thioether (sulfide) groups is 1. The number of hydrogen-bond donors (Lipinski definition) is 2. The number of amides is 1. The topological polar surface area (TPSA) is 83.8 Å². The molecule has 7 heteroatoms. The van der Waals surface area contributed by atoms with Crippen LogP contribution in [0.1, 0.15) is 43.4 Å². The fourth-order valence-electron chi connectivity index (χ4n) is 3.62. The maximum absolute atomic E-state index is 12.1. The molecule has 1 aliphatic carbocycles. The molecule has 6 nitrogen and oxygen atoms in total. The van der Waals surface area contributed by atoms with Gasteiger partial charge in [-0.25, -0.2) is 0 Å². The first-order valence-corrected chi connectivity index (χ1v) is 10.4. The second kappa shape index (κ2) is 7.76. The van der Waals surface area contributed by atoms with Crippen LogP contribution in [-0.4, -0.2) is 32.9 Å². The normalized spacial score (nSPS) is 15.3. The zero-order valence-corrected chi connectivity index (χ0v) is 16.5. The lowest BCUT2D eigenvalue weighted by molar-refractivity contribution is -0.119. The summed E-state index contributed by atoms with van der Waals surface area (Å²) in [5.74, 6) is 0.810. The lowest BCUT2D eigenvalue weighted by Crippen LogP contribution is -2.37. The van der Waals surface area contributed by atoms with Crippen molar-refractivity contribution in [3.8, 4) is 11.5 Å². The van der Waals surface area contributed by atoms with Crippen LogP contribution >= 0.6 is 11.8 Å². The van der Waals surface area contributed by atoms with Gasteiger partial charge in [-0.2, -0.15) is 0 Å². The van der Waals surface area contributed by atoms with E-state index in [1.807, 2.05) is 12.1 Å². The van der Waals surface area contributed by atoms with E-state index in [0.717, 1.165) is 35.0 Å². The summed E-state index contributed by atoms with van der Waals surface area (Å²) < 4.78 is 5.76. The van der Waals surface area contributed by atoms with Crippen molar-refractivity contribution < 1.29 is 9.21 Å². The van der Waals surface area contributed by atoms with E-state index in [1.165, 1.54) is 36.6 Å². The summed E-state index contributed by atoms with van der Waals surface area (Å²) in [5, 5.41) is 12.9. The number of nitrogens with zero attached hydrogens (tertiary/aromatic N) is 2. The molecular formula is C20H24N4O2S. The number of nitrogens with one attached hydrogen (secondary N) is 2. The number of hydrogen-bond acceptors (Lipinski definition) is 5. The van der Waals surface area contributed by atoms with E-state index in [9.17, 15) is 4.79 Å². The Balaban J connectivity index is 1.39. The van der Waals surface area contributed by atoms with Gasteiger partial charge in [-0.1, -0.05) is 31.0 Å². The van der Waals surface area contributed by atoms with Gasteiger partial charge in [0.05, 0.1) is 5.75 Å². The molecule has 0 aliphatic heterocycles. The number of benzene rings is 1. The minimum absolute atomic E-state index is 0.0338. The molecule has 1 aromatic carbocycles. The van der Waals surface area contributed by atoms with Gasteiger partial charge in [0, 0.05) is 28.2 Å². The van der Waals surface area contributed by atoms with Crippen LogP contribution in [0, 0.1) is 13.8 Å². The van der Waals surface area contributed by atoms with Crippen LogP contribution in [0.3, 0.4) is 0 Å². The van der Waals surface area contributed by atoms with Crippen molar-refractivity contribution in [3.05, 3.63) is 29.5 Å². The molecule has 0 saturated heterocycles. The van der Waals surface area contributed by atoms with E-state index >= 15 is 0 Å². The Labute approximate surface area is 162 Å². The molecule has 2 N–H and O–H groups in total. The van der Waals surface area contributed by atoms with E-state index < -0.39 is 0 Å². The highest BCUT2D eigenvalue weighted by atomic mass is 32.2. The molecule has 0 bridgehead atoms. The predicted octanol–water partition coefficient (Wildman–Crippen LogP) is 4.38. The molecule has 0 atom stereocenters. The predicted molar refractivity (Wildman–Crippen MR) is 107 cm³/mol. The molecule has 0 unspecified atom stereocenters. The van der Waals surface area contributed by atoms with Crippen molar-refractivity contribution in [1.82, 2.24) is 20.5 Å². The number of carbonyl (C=O) groups excluding carboxylic acids is 1. The number of rotatable bonds is 5. The van der Waals surface area contributed by atoms with Crippen LogP contribution in [0.15, 0.2) is 27.8 Å². The van der Waals surface area contributed by atoms with Gasteiger partial charge in [-0.15, -0.1) is 10.2 Å². The number of fused-ring (bicyclic) bond motifs is 1. The quantitative estimate of drug-likeness (QED) is 0.638. The standard InChI is InChI=1S/C20H24N4O2S/c1-12-13(2)21-17-9-8-14(10-16(12)17)19-23-24-20(26-19)27-11-18(25)22-15-6-4-3-5-7-15/h8-10,15,21H,3-7,11H2,1-2H3,(H,22,25). The van der Waals surface area contributed by atoms with Crippen LogP contribution in [0.25, 0.3) is 22.4 Å². The number of carbonyl (C=O) groups is 1. The van der Waals surface area contributed by atoms with Crippen LogP contribution in [0.5, 0.6) is 0 Å². The van der Waals surface area contributed by atoms with E-state index in [4.69, 9.17) is 4.42 Å². The summed E-state index contributed by atoms with van der Waals surface area (Å²) in [6.07, 6.45) is 5.86. The summed E-state index contributed by atoms with van der Waals surface area (Å²) >= 11 is 1.29. The summed E-state index contributed by atoms with van der Waals surface area (Å²) in [5.41, 5.74) is 4.37. The Morgan fingerprint density at radius 2 is 2.07 bits per heavy atom. The second-order valence-electron chi connectivity index (χ2n) is 7.20. The molecule has 0 radical (unpaired) electrons. The summed E-state index contributed by atoms with van der Waals surface area (Å²) in [6, 6.07) is 6.38. The number of aryl methyl sites for hydroxylation is 2. The highest BCUT2D eigenvalue weighted by Crippen LogP contribution is 2.28. The Bertz CT molecular complexity index is 956. The molecule has 1 saturated carbocycles. The van der Waals surface area contributed by atoms with Crippen LogP contribution in [-0.2, 0) is 4.79 Å². The fourth-order valence-corrected chi connectivity index (χ4v) is 4.20. The zero-order chi connectivity index (χ0) is 18.8. The first-order chi connectivity index (χ1) is 13.1. The van der Waals surface area contributed by atoms with Gasteiger partial charge in [0.25, 0.3) is 5.22 Å². The molecule has 1 fully saturated rings.